The van der Waals surface area contributed by atoms with E-state index in [0.717, 1.165) is 37.6 Å². The maximum absolute atomic E-state index is 12.7. The third kappa shape index (κ3) is 4.80. The summed E-state index contributed by atoms with van der Waals surface area (Å²) in [5, 5.41) is 7.07. The van der Waals surface area contributed by atoms with Crippen molar-refractivity contribution >= 4 is 17.6 Å². The van der Waals surface area contributed by atoms with Crippen LogP contribution in [-0.2, 0) is 11.2 Å². The molecule has 3 aliphatic rings. The van der Waals surface area contributed by atoms with Crippen molar-refractivity contribution in [3.8, 4) is 0 Å². The van der Waals surface area contributed by atoms with Gasteiger partial charge in [0.25, 0.3) is 0 Å². The summed E-state index contributed by atoms with van der Waals surface area (Å²) in [6.07, 6.45) is 8.71. The molecule has 0 radical (unpaired) electrons. The molecule has 0 saturated carbocycles. The molecule has 4 rings (SSSR count). The van der Waals surface area contributed by atoms with Crippen molar-refractivity contribution < 1.29 is 4.79 Å². The second kappa shape index (κ2) is 9.82. The fourth-order valence-corrected chi connectivity index (χ4v) is 5.40. The number of carbonyl (C=O) groups is 1. The Kier molecular flexibility index (Phi) is 6.93. The van der Waals surface area contributed by atoms with Crippen LogP contribution in [0.1, 0.15) is 57.4 Å². The Balaban J connectivity index is 1.26. The van der Waals surface area contributed by atoms with Gasteiger partial charge >= 0.3 is 0 Å². The number of nitrogens with zero attached hydrogens (tertiary/aromatic N) is 3. The number of benzene rings is 1. The van der Waals surface area contributed by atoms with E-state index in [9.17, 15) is 4.79 Å². The summed E-state index contributed by atoms with van der Waals surface area (Å²) < 4.78 is 0. The second-order valence-electron chi connectivity index (χ2n) is 9.00. The third-order valence-electron chi connectivity index (χ3n) is 7.03. The van der Waals surface area contributed by atoms with Gasteiger partial charge in [-0.1, -0.05) is 24.6 Å². The van der Waals surface area contributed by atoms with Crippen LogP contribution < -0.4 is 15.5 Å². The van der Waals surface area contributed by atoms with E-state index in [2.05, 4.69) is 41.6 Å². The molecule has 164 valence electrons. The molecule has 3 aliphatic heterocycles. The van der Waals surface area contributed by atoms with Crippen molar-refractivity contribution in [1.82, 2.24) is 15.5 Å². The molecule has 1 aromatic rings. The molecule has 2 bridgehead atoms. The fourth-order valence-electron chi connectivity index (χ4n) is 5.40. The van der Waals surface area contributed by atoms with E-state index in [1.165, 1.54) is 37.7 Å². The first kappa shape index (κ1) is 21.2. The zero-order chi connectivity index (χ0) is 20.9. The first-order valence-corrected chi connectivity index (χ1v) is 11.8. The lowest BCUT2D eigenvalue weighted by atomic mass is 9.82. The predicted octanol–water partition coefficient (Wildman–Crippen LogP) is 2.93. The zero-order valence-corrected chi connectivity index (χ0v) is 18.6. The Labute approximate surface area is 181 Å². The highest BCUT2D eigenvalue weighted by atomic mass is 16.2. The van der Waals surface area contributed by atoms with Crippen molar-refractivity contribution in [1.29, 1.82) is 0 Å². The summed E-state index contributed by atoms with van der Waals surface area (Å²) in [6.45, 7) is 4.45. The molecule has 1 aromatic carbocycles. The van der Waals surface area contributed by atoms with Gasteiger partial charge in [0.2, 0.25) is 5.91 Å². The van der Waals surface area contributed by atoms with Gasteiger partial charge in [-0.25, -0.2) is 0 Å². The summed E-state index contributed by atoms with van der Waals surface area (Å²) in [7, 11) is 2.29. The van der Waals surface area contributed by atoms with Crippen LogP contribution in [-0.4, -0.2) is 61.6 Å². The maximum Gasteiger partial charge on any atom is 0.227 e. The molecule has 6 nitrogen and oxygen atoms in total. The summed E-state index contributed by atoms with van der Waals surface area (Å²) >= 11 is 0. The average Bonchev–Trinajstić information content (AvgIpc) is 3.16. The quantitative estimate of drug-likeness (QED) is 0.429. The monoisotopic (exact) mass is 411 g/mol. The molecule has 2 unspecified atom stereocenters. The van der Waals surface area contributed by atoms with Crippen LogP contribution in [0.5, 0.6) is 0 Å². The topological polar surface area (TPSA) is 60.0 Å². The van der Waals surface area contributed by atoms with Gasteiger partial charge < -0.3 is 20.4 Å². The number of aliphatic imine (C=N–C) groups is 1. The van der Waals surface area contributed by atoms with Crippen molar-refractivity contribution in [3.63, 3.8) is 0 Å². The van der Waals surface area contributed by atoms with Gasteiger partial charge in [0.05, 0.1) is 0 Å². The van der Waals surface area contributed by atoms with Crippen molar-refractivity contribution in [2.45, 2.75) is 76.4 Å². The van der Waals surface area contributed by atoms with Crippen molar-refractivity contribution in [2.24, 2.45) is 4.99 Å². The van der Waals surface area contributed by atoms with Gasteiger partial charge in [-0.2, -0.15) is 0 Å². The van der Waals surface area contributed by atoms with E-state index in [-0.39, 0.29) is 5.91 Å². The minimum atomic E-state index is 0.219. The zero-order valence-electron chi connectivity index (χ0n) is 18.6. The minimum absolute atomic E-state index is 0.219. The number of fused-ring (bicyclic) bond motifs is 3. The van der Waals surface area contributed by atoms with E-state index in [1.54, 1.807) is 0 Å². The standard InChI is InChI=1S/C24H37N5O/c1-3-25-24(27-19-16-20-9-6-10-21(17-19)28(20)2)26-14-7-12-23(30)29-15-13-18-8-4-5-11-22(18)29/h4-5,8,11,19-21H,3,6-7,9-10,12-17H2,1-2H3,(H2,25,26,27). The van der Waals surface area contributed by atoms with Gasteiger partial charge in [-0.05, 0) is 64.1 Å². The number of amides is 1. The van der Waals surface area contributed by atoms with E-state index < -0.39 is 0 Å². The van der Waals surface area contributed by atoms with Crippen LogP contribution in [0.2, 0.25) is 0 Å². The van der Waals surface area contributed by atoms with Gasteiger partial charge in [-0.3, -0.25) is 9.79 Å². The normalized spacial score (nSPS) is 26.4. The number of guanidine groups is 1. The molecule has 3 heterocycles. The van der Waals surface area contributed by atoms with E-state index in [4.69, 9.17) is 4.99 Å². The Hall–Kier alpha value is -2.08. The summed E-state index contributed by atoms with van der Waals surface area (Å²) in [5.74, 6) is 1.13. The largest absolute Gasteiger partial charge is 0.357 e. The van der Waals surface area contributed by atoms with E-state index >= 15 is 0 Å². The summed E-state index contributed by atoms with van der Waals surface area (Å²) in [4.78, 5) is 22.0. The molecular weight excluding hydrogens is 374 g/mol. The van der Waals surface area contributed by atoms with Crippen LogP contribution in [0.3, 0.4) is 0 Å². The Bertz CT molecular complexity index is 750. The van der Waals surface area contributed by atoms with Gasteiger partial charge in [0.15, 0.2) is 5.96 Å². The van der Waals surface area contributed by atoms with Crippen LogP contribution in [0.15, 0.2) is 29.3 Å². The highest BCUT2D eigenvalue weighted by Crippen LogP contribution is 2.32. The van der Waals surface area contributed by atoms with Gasteiger partial charge in [0.1, 0.15) is 0 Å². The molecule has 0 spiro atoms. The molecule has 1 amide bonds. The molecule has 0 aliphatic carbocycles. The van der Waals surface area contributed by atoms with Crippen molar-refractivity contribution in [3.05, 3.63) is 29.8 Å². The highest BCUT2D eigenvalue weighted by molar-refractivity contribution is 5.95. The van der Waals surface area contributed by atoms with Crippen LogP contribution in [0.25, 0.3) is 0 Å². The Morgan fingerprint density at radius 3 is 2.73 bits per heavy atom. The first-order valence-electron chi connectivity index (χ1n) is 11.8. The average molecular weight is 412 g/mol. The first-order chi connectivity index (χ1) is 14.7. The molecule has 0 aromatic heterocycles. The molecular formula is C24H37N5O. The lowest BCUT2D eigenvalue weighted by molar-refractivity contribution is -0.118. The number of para-hydroxylation sites is 1. The minimum Gasteiger partial charge on any atom is -0.357 e. The van der Waals surface area contributed by atoms with Crippen LogP contribution in [0, 0.1) is 0 Å². The fraction of sp³-hybridized carbons (Fsp3) is 0.667. The molecule has 30 heavy (non-hydrogen) atoms. The number of carbonyl (C=O) groups excluding carboxylic acids is 1. The molecule has 2 saturated heterocycles. The Morgan fingerprint density at radius 1 is 1.20 bits per heavy atom. The summed E-state index contributed by atoms with van der Waals surface area (Å²) in [5.41, 5.74) is 2.37. The molecule has 2 N–H and O–H groups in total. The third-order valence-corrected chi connectivity index (χ3v) is 7.03. The number of nitrogens with one attached hydrogen (secondary N) is 2. The van der Waals surface area contributed by atoms with E-state index in [0.29, 0.717) is 31.1 Å². The number of rotatable bonds is 6. The number of hydrogen-bond donors (Lipinski definition) is 2. The van der Waals surface area contributed by atoms with Crippen LogP contribution >= 0.6 is 0 Å². The molecule has 2 atom stereocenters. The van der Waals surface area contributed by atoms with Gasteiger partial charge in [0, 0.05) is 49.9 Å². The summed E-state index contributed by atoms with van der Waals surface area (Å²) in [6, 6.07) is 10.2. The number of hydrogen-bond acceptors (Lipinski definition) is 3. The van der Waals surface area contributed by atoms with Gasteiger partial charge in [-0.15, -0.1) is 0 Å². The highest BCUT2D eigenvalue weighted by Gasteiger charge is 2.36. The van der Waals surface area contributed by atoms with Crippen molar-refractivity contribution in [2.75, 3.05) is 31.6 Å². The SMILES string of the molecule is CCNC(=NCCCC(=O)N1CCc2ccccc21)NC1CC2CCCC(C1)N2C. The number of anilines is 1. The van der Waals surface area contributed by atoms with Crippen LogP contribution in [0.4, 0.5) is 5.69 Å². The molecule has 6 heteroatoms. The predicted molar refractivity (Wildman–Crippen MR) is 123 cm³/mol. The Morgan fingerprint density at radius 2 is 1.97 bits per heavy atom. The second-order valence-corrected chi connectivity index (χ2v) is 9.00. The maximum atomic E-state index is 12.7. The molecule has 2 fully saturated rings. The smallest absolute Gasteiger partial charge is 0.227 e. The lowest BCUT2D eigenvalue weighted by Gasteiger charge is -2.47. The van der Waals surface area contributed by atoms with E-state index in [1.807, 2.05) is 17.0 Å². The number of piperidine rings is 2. The lowest BCUT2D eigenvalue weighted by Crippen LogP contribution is -2.56.